The van der Waals surface area contributed by atoms with Gasteiger partial charge in [-0.25, -0.2) is 9.97 Å². The first kappa shape index (κ1) is 21.4. The topological polar surface area (TPSA) is 96.5 Å². The van der Waals surface area contributed by atoms with Crippen molar-refractivity contribution in [1.82, 2.24) is 25.5 Å². The second kappa shape index (κ2) is 9.21. The molecule has 1 aromatic carbocycles. The number of hydrogen-bond donors (Lipinski definition) is 2. The van der Waals surface area contributed by atoms with E-state index >= 15 is 0 Å². The predicted molar refractivity (Wildman–Crippen MR) is 122 cm³/mol. The third-order valence-electron chi connectivity index (χ3n) is 6.90. The molecule has 0 unspecified atom stereocenters. The summed E-state index contributed by atoms with van der Waals surface area (Å²) in [5.74, 6) is 1.20. The van der Waals surface area contributed by atoms with Crippen LogP contribution in [0.15, 0.2) is 54.0 Å². The zero-order chi connectivity index (χ0) is 22.8. The maximum Gasteiger partial charge on any atom is 0.251 e. The van der Waals surface area contributed by atoms with E-state index in [4.69, 9.17) is 4.74 Å². The summed E-state index contributed by atoms with van der Waals surface area (Å²) in [5.41, 5.74) is 2.36. The van der Waals surface area contributed by atoms with Gasteiger partial charge in [-0.05, 0) is 25.0 Å². The molecule has 3 atom stereocenters. The molecule has 8 nitrogen and oxygen atoms in total. The van der Waals surface area contributed by atoms with Gasteiger partial charge >= 0.3 is 0 Å². The average molecular weight is 448 g/mol. The minimum atomic E-state index is -0.511. The quantitative estimate of drug-likeness (QED) is 0.730. The standard InChI is InChI=1S/C25H29N5O3/c1-33-20-10-5-2-7-16(20)24-23-18(15-28-25(23)32)29-17-8-3-4-9-19(17)30(24)22(31)12-11-21-26-13-6-14-27-21/h2,5-7,10,13-14,17,19,24,29H,3-4,8-9,11-12,15H2,1H3,(H,28,32)/t17-,19-,24-/m1/s1. The number of benzene rings is 1. The van der Waals surface area contributed by atoms with Gasteiger partial charge < -0.3 is 20.3 Å². The number of nitrogens with zero attached hydrogens (tertiary/aromatic N) is 3. The molecule has 0 saturated heterocycles. The van der Waals surface area contributed by atoms with E-state index in [1.165, 1.54) is 0 Å². The molecule has 33 heavy (non-hydrogen) atoms. The fraction of sp³-hybridized carbons (Fsp3) is 0.440. The van der Waals surface area contributed by atoms with E-state index in [2.05, 4.69) is 20.6 Å². The number of methoxy groups -OCH3 is 1. The summed E-state index contributed by atoms with van der Waals surface area (Å²) < 4.78 is 5.68. The smallest absolute Gasteiger partial charge is 0.251 e. The SMILES string of the molecule is COc1ccccc1[C@@H]1C2=C(CNC2=O)N[C@@H]2CCCC[C@H]2N1C(=O)CCc1ncccn1. The van der Waals surface area contributed by atoms with Crippen molar-refractivity contribution in [3.05, 3.63) is 65.4 Å². The molecule has 0 spiro atoms. The van der Waals surface area contributed by atoms with Crippen molar-refractivity contribution >= 4 is 11.8 Å². The maximum atomic E-state index is 13.9. The molecule has 1 saturated carbocycles. The number of rotatable bonds is 5. The van der Waals surface area contributed by atoms with Crippen LogP contribution in [0.4, 0.5) is 0 Å². The van der Waals surface area contributed by atoms with Gasteiger partial charge in [0.1, 0.15) is 11.6 Å². The first-order chi connectivity index (χ1) is 16.2. The summed E-state index contributed by atoms with van der Waals surface area (Å²) in [5, 5.41) is 6.61. The summed E-state index contributed by atoms with van der Waals surface area (Å²) in [4.78, 5) is 37.5. The van der Waals surface area contributed by atoms with Crippen LogP contribution >= 0.6 is 0 Å². The van der Waals surface area contributed by atoms with Crippen LogP contribution in [0.2, 0.25) is 0 Å². The van der Waals surface area contributed by atoms with Crippen molar-refractivity contribution in [2.75, 3.05) is 13.7 Å². The Bertz CT molecular complexity index is 1070. The first-order valence-electron chi connectivity index (χ1n) is 11.6. The Morgan fingerprint density at radius 2 is 1.94 bits per heavy atom. The summed E-state index contributed by atoms with van der Waals surface area (Å²) in [6.45, 7) is 0.461. The Balaban J connectivity index is 1.59. The summed E-state index contributed by atoms with van der Waals surface area (Å²) in [6.07, 6.45) is 8.16. The Morgan fingerprint density at radius 1 is 1.15 bits per heavy atom. The molecule has 0 radical (unpaired) electrons. The highest BCUT2D eigenvalue weighted by molar-refractivity contribution is 5.99. The third-order valence-corrected chi connectivity index (χ3v) is 6.90. The second-order valence-electron chi connectivity index (χ2n) is 8.79. The number of carbonyl (C=O) groups is 2. The van der Waals surface area contributed by atoms with Gasteiger partial charge in [-0.2, -0.15) is 0 Å². The summed E-state index contributed by atoms with van der Waals surface area (Å²) in [6, 6.07) is 9.06. The van der Waals surface area contributed by atoms with Crippen LogP contribution in [0.25, 0.3) is 0 Å². The number of nitrogens with one attached hydrogen (secondary N) is 2. The van der Waals surface area contributed by atoms with Crippen molar-refractivity contribution in [1.29, 1.82) is 0 Å². The van der Waals surface area contributed by atoms with E-state index in [0.717, 1.165) is 36.9 Å². The van der Waals surface area contributed by atoms with E-state index in [1.54, 1.807) is 25.6 Å². The van der Waals surface area contributed by atoms with Crippen LogP contribution in [0.3, 0.4) is 0 Å². The van der Waals surface area contributed by atoms with Gasteiger partial charge in [-0.15, -0.1) is 0 Å². The van der Waals surface area contributed by atoms with Gasteiger partial charge in [0.15, 0.2) is 0 Å². The molecule has 5 rings (SSSR count). The van der Waals surface area contributed by atoms with Crippen molar-refractivity contribution in [2.45, 2.75) is 56.7 Å². The molecule has 2 aliphatic heterocycles. The molecule has 3 aliphatic rings. The van der Waals surface area contributed by atoms with E-state index in [0.29, 0.717) is 30.1 Å². The monoisotopic (exact) mass is 447 g/mol. The normalized spacial score (nSPS) is 24.3. The minimum absolute atomic E-state index is 0.00347. The number of hydrogen-bond acceptors (Lipinski definition) is 6. The van der Waals surface area contributed by atoms with Crippen molar-refractivity contribution in [3.63, 3.8) is 0 Å². The highest BCUT2D eigenvalue weighted by Gasteiger charge is 2.46. The van der Waals surface area contributed by atoms with E-state index in [1.807, 2.05) is 29.2 Å². The number of fused-ring (bicyclic) bond motifs is 1. The molecule has 172 valence electrons. The number of carbonyl (C=O) groups excluding carboxylic acids is 2. The van der Waals surface area contributed by atoms with Gasteiger partial charge in [0.05, 0.1) is 31.3 Å². The van der Waals surface area contributed by atoms with Crippen molar-refractivity contribution in [2.24, 2.45) is 0 Å². The largest absolute Gasteiger partial charge is 0.496 e. The fourth-order valence-electron chi connectivity index (χ4n) is 5.41. The summed E-state index contributed by atoms with van der Waals surface area (Å²) in [7, 11) is 1.63. The molecule has 8 heteroatoms. The minimum Gasteiger partial charge on any atom is -0.496 e. The molecule has 0 bridgehead atoms. The Labute approximate surface area is 193 Å². The van der Waals surface area contributed by atoms with E-state index < -0.39 is 6.04 Å². The summed E-state index contributed by atoms with van der Waals surface area (Å²) >= 11 is 0. The highest BCUT2D eigenvalue weighted by Crippen LogP contribution is 2.43. The number of para-hydroxylation sites is 1. The highest BCUT2D eigenvalue weighted by atomic mass is 16.5. The molecular formula is C25H29N5O3. The number of ether oxygens (including phenoxy) is 1. The van der Waals surface area contributed by atoms with Gasteiger partial charge in [0, 0.05) is 42.5 Å². The van der Waals surface area contributed by atoms with Crippen LogP contribution in [0.1, 0.15) is 49.5 Å². The lowest BCUT2D eigenvalue weighted by Gasteiger charge is -2.43. The van der Waals surface area contributed by atoms with Crippen LogP contribution in [0, 0.1) is 0 Å². The molecule has 1 aliphatic carbocycles. The van der Waals surface area contributed by atoms with Gasteiger partial charge in [0.2, 0.25) is 5.91 Å². The lowest BCUT2D eigenvalue weighted by atomic mass is 9.87. The van der Waals surface area contributed by atoms with Crippen LogP contribution in [-0.4, -0.2) is 52.4 Å². The average Bonchev–Trinajstić information content (AvgIpc) is 3.13. The van der Waals surface area contributed by atoms with Crippen molar-refractivity contribution in [3.8, 4) is 5.75 Å². The molecule has 1 fully saturated rings. The van der Waals surface area contributed by atoms with Crippen molar-refractivity contribution < 1.29 is 14.3 Å². The molecule has 2 N–H and O–H groups in total. The predicted octanol–water partition coefficient (Wildman–Crippen LogP) is 2.29. The van der Waals surface area contributed by atoms with E-state index in [9.17, 15) is 9.59 Å². The Hall–Kier alpha value is -3.42. The van der Waals surface area contributed by atoms with Gasteiger partial charge in [-0.3, -0.25) is 9.59 Å². The van der Waals surface area contributed by atoms with Crippen LogP contribution < -0.4 is 15.4 Å². The molecule has 2 aromatic rings. The fourth-order valence-corrected chi connectivity index (χ4v) is 5.41. The second-order valence-corrected chi connectivity index (χ2v) is 8.79. The van der Waals surface area contributed by atoms with E-state index in [-0.39, 0.29) is 30.3 Å². The Kier molecular flexibility index (Phi) is 5.98. The number of aromatic nitrogens is 2. The van der Waals surface area contributed by atoms with Gasteiger partial charge in [-0.1, -0.05) is 31.0 Å². The Morgan fingerprint density at radius 3 is 2.76 bits per heavy atom. The van der Waals surface area contributed by atoms with Crippen LogP contribution in [0.5, 0.6) is 5.75 Å². The molecule has 3 heterocycles. The molecule has 1 aromatic heterocycles. The van der Waals surface area contributed by atoms with Crippen LogP contribution in [-0.2, 0) is 16.0 Å². The van der Waals surface area contributed by atoms with Gasteiger partial charge in [0.25, 0.3) is 5.91 Å². The lowest BCUT2D eigenvalue weighted by molar-refractivity contribution is -0.137. The number of aryl methyl sites for hydroxylation is 1. The molecular weight excluding hydrogens is 418 g/mol. The molecule has 2 amide bonds. The lowest BCUT2D eigenvalue weighted by Crippen LogP contribution is -2.53. The third kappa shape index (κ3) is 4.05. The maximum absolute atomic E-state index is 13.9. The zero-order valence-electron chi connectivity index (χ0n) is 18.8. The number of amides is 2. The first-order valence-corrected chi connectivity index (χ1v) is 11.6. The zero-order valence-corrected chi connectivity index (χ0v) is 18.8.